The topological polar surface area (TPSA) is 47.2 Å². The zero-order valence-electron chi connectivity index (χ0n) is 12.9. The molecule has 0 atom stereocenters. The number of aromatic nitrogens is 2. The summed E-state index contributed by atoms with van der Waals surface area (Å²) < 4.78 is 40.8. The molecule has 25 heavy (non-hydrogen) atoms. The van der Waals surface area contributed by atoms with Crippen LogP contribution in [-0.4, -0.2) is 15.9 Å². The summed E-state index contributed by atoms with van der Waals surface area (Å²) in [6, 6.07) is 10.1. The van der Waals surface area contributed by atoms with Gasteiger partial charge in [-0.1, -0.05) is 34.1 Å². The molecule has 0 aliphatic heterocycles. The standard InChI is InChI=1S/C17H11BrF3N3O/c1-10-23-15-7-6-12(18)8-13(15)16(25)24(10)22-9-11-4-2-3-5-14(11)17(19,20)21/h2-9H,1H3. The van der Waals surface area contributed by atoms with Gasteiger partial charge in [-0.05, 0) is 31.2 Å². The molecule has 4 nitrogen and oxygen atoms in total. The summed E-state index contributed by atoms with van der Waals surface area (Å²) in [4.78, 5) is 16.8. The third-order valence-electron chi connectivity index (χ3n) is 3.55. The van der Waals surface area contributed by atoms with E-state index in [1.54, 1.807) is 25.1 Å². The molecule has 128 valence electrons. The van der Waals surface area contributed by atoms with Crippen molar-refractivity contribution in [1.29, 1.82) is 0 Å². The van der Waals surface area contributed by atoms with Crippen LogP contribution in [0.25, 0.3) is 10.9 Å². The molecule has 0 spiro atoms. The summed E-state index contributed by atoms with van der Waals surface area (Å²) in [6.07, 6.45) is -3.49. The van der Waals surface area contributed by atoms with Crippen LogP contribution in [0.5, 0.6) is 0 Å². The fraction of sp³-hybridized carbons (Fsp3) is 0.118. The minimum absolute atomic E-state index is 0.129. The SMILES string of the molecule is Cc1nc2ccc(Br)cc2c(=O)n1N=Cc1ccccc1C(F)(F)F. The number of rotatable bonds is 2. The van der Waals surface area contributed by atoms with Crippen molar-refractivity contribution in [3.05, 3.63) is 74.2 Å². The Hall–Kier alpha value is -2.48. The second-order valence-electron chi connectivity index (χ2n) is 5.27. The van der Waals surface area contributed by atoms with Gasteiger partial charge in [-0.25, -0.2) is 4.98 Å². The van der Waals surface area contributed by atoms with E-state index in [2.05, 4.69) is 26.0 Å². The van der Waals surface area contributed by atoms with Gasteiger partial charge in [0.05, 0.1) is 22.7 Å². The average molecular weight is 410 g/mol. The van der Waals surface area contributed by atoms with Gasteiger partial charge in [0.1, 0.15) is 5.82 Å². The van der Waals surface area contributed by atoms with Gasteiger partial charge in [0.15, 0.2) is 0 Å². The van der Waals surface area contributed by atoms with Crippen LogP contribution in [0.2, 0.25) is 0 Å². The number of fused-ring (bicyclic) bond motifs is 1. The van der Waals surface area contributed by atoms with Crippen LogP contribution in [-0.2, 0) is 6.18 Å². The Labute approximate surface area is 148 Å². The van der Waals surface area contributed by atoms with Gasteiger partial charge in [0.2, 0.25) is 0 Å². The van der Waals surface area contributed by atoms with E-state index in [-0.39, 0.29) is 11.4 Å². The molecular weight excluding hydrogens is 399 g/mol. The lowest BCUT2D eigenvalue weighted by Crippen LogP contribution is -2.21. The molecule has 0 radical (unpaired) electrons. The van der Waals surface area contributed by atoms with Gasteiger partial charge in [-0.2, -0.15) is 22.9 Å². The molecule has 1 aromatic heterocycles. The molecule has 2 aromatic carbocycles. The van der Waals surface area contributed by atoms with Gasteiger partial charge in [-0.15, -0.1) is 0 Å². The van der Waals surface area contributed by atoms with E-state index in [0.717, 1.165) is 17.0 Å². The predicted molar refractivity (Wildman–Crippen MR) is 92.9 cm³/mol. The maximum Gasteiger partial charge on any atom is 0.417 e. The van der Waals surface area contributed by atoms with Crippen molar-refractivity contribution in [2.75, 3.05) is 0 Å². The molecule has 0 saturated carbocycles. The summed E-state index contributed by atoms with van der Waals surface area (Å²) in [5.74, 6) is 0.278. The second-order valence-corrected chi connectivity index (χ2v) is 6.18. The van der Waals surface area contributed by atoms with Gasteiger partial charge < -0.3 is 0 Å². The summed E-state index contributed by atoms with van der Waals surface area (Å²) >= 11 is 3.28. The lowest BCUT2D eigenvalue weighted by atomic mass is 10.1. The van der Waals surface area contributed by atoms with Crippen LogP contribution in [0.1, 0.15) is 17.0 Å². The largest absolute Gasteiger partial charge is 0.417 e. The van der Waals surface area contributed by atoms with Gasteiger partial charge >= 0.3 is 6.18 Å². The van der Waals surface area contributed by atoms with Crippen LogP contribution in [0.15, 0.2) is 56.8 Å². The Kier molecular flexibility index (Phi) is 4.47. The third-order valence-corrected chi connectivity index (χ3v) is 4.04. The van der Waals surface area contributed by atoms with E-state index in [1.165, 1.54) is 18.2 Å². The minimum Gasteiger partial charge on any atom is -0.267 e. The summed E-state index contributed by atoms with van der Waals surface area (Å²) in [6.45, 7) is 1.57. The van der Waals surface area contributed by atoms with Gasteiger partial charge in [-0.3, -0.25) is 4.79 Å². The smallest absolute Gasteiger partial charge is 0.267 e. The summed E-state index contributed by atoms with van der Waals surface area (Å²) in [5.41, 5.74) is -0.908. The van der Waals surface area contributed by atoms with Crippen LogP contribution in [0.3, 0.4) is 0 Å². The summed E-state index contributed by atoms with van der Waals surface area (Å²) in [7, 11) is 0. The predicted octanol–water partition coefficient (Wildman–Crippen LogP) is 4.37. The van der Waals surface area contributed by atoms with Crippen LogP contribution in [0.4, 0.5) is 13.2 Å². The third kappa shape index (κ3) is 3.48. The first kappa shape index (κ1) is 17.3. The van der Waals surface area contributed by atoms with E-state index in [4.69, 9.17) is 0 Å². The Balaban J connectivity index is 2.13. The van der Waals surface area contributed by atoms with E-state index in [0.29, 0.717) is 15.4 Å². The number of hydrogen-bond acceptors (Lipinski definition) is 3. The molecule has 0 fully saturated rings. The number of hydrogen-bond donors (Lipinski definition) is 0. The molecule has 0 aliphatic carbocycles. The molecule has 0 aliphatic rings. The first-order chi connectivity index (χ1) is 11.8. The Bertz CT molecular complexity index is 1040. The summed E-state index contributed by atoms with van der Waals surface area (Å²) in [5, 5.41) is 4.25. The number of halogens is 4. The Morgan fingerprint density at radius 3 is 2.64 bits per heavy atom. The van der Waals surface area contributed by atoms with Crippen LogP contribution >= 0.6 is 15.9 Å². The molecule has 0 saturated heterocycles. The average Bonchev–Trinajstić information content (AvgIpc) is 2.55. The zero-order chi connectivity index (χ0) is 18.2. The maximum atomic E-state index is 13.0. The fourth-order valence-corrected chi connectivity index (χ4v) is 2.74. The molecule has 0 bridgehead atoms. The van der Waals surface area contributed by atoms with E-state index in [9.17, 15) is 18.0 Å². The van der Waals surface area contributed by atoms with E-state index < -0.39 is 17.3 Å². The van der Waals surface area contributed by atoms with E-state index in [1.807, 2.05) is 0 Å². The van der Waals surface area contributed by atoms with Crippen molar-refractivity contribution in [3.8, 4) is 0 Å². The van der Waals surface area contributed by atoms with Crippen LogP contribution in [0, 0.1) is 6.92 Å². The molecule has 1 heterocycles. The Morgan fingerprint density at radius 1 is 1.20 bits per heavy atom. The van der Waals surface area contributed by atoms with Crippen molar-refractivity contribution < 1.29 is 13.2 Å². The lowest BCUT2D eigenvalue weighted by Gasteiger charge is -2.10. The van der Waals surface area contributed by atoms with Gasteiger partial charge in [0.25, 0.3) is 5.56 Å². The highest BCUT2D eigenvalue weighted by Crippen LogP contribution is 2.31. The monoisotopic (exact) mass is 409 g/mol. The normalized spacial score (nSPS) is 12.2. The molecule has 3 aromatic rings. The van der Waals surface area contributed by atoms with Crippen molar-refractivity contribution in [3.63, 3.8) is 0 Å². The maximum absolute atomic E-state index is 13.0. The number of nitrogens with zero attached hydrogens (tertiary/aromatic N) is 3. The Morgan fingerprint density at radius 2 is 1.92 bits per heavy atom. The van der Waals surface area contributed by atoms with Crippen molar-refractivity contribution in [2.45, 2.75) is 13.1 Å². The highest BCUT2D eigenvalue weighted by atomic mass is 79.9. The minimum atomic E-state index is -4.50. The number of aryl methyl sites for hydroxylation is 1. The quantitative estimate of drug-likeness (QED) is 0.590. The highest BCUT2D eigenvalue weighted by Gasteiger charge is 2.32. The fourth-order valence-electron chi connectivity index (χ4n) is 2.38. The van der Waals surface area contributed by atoms with Crippen molar-refractivity contribution >= 4 is 33.0 Å². The molecule has 0 unspecified atom stereocenters. The lowest BCUT2D eigenvalue weighted by molar-refractivity contribution is -0.137. The first-order valence-corrected chi connectivity index (χ1v) is 7.96. The van der Waals surface area contributed by atoms with Gasteiger partial charge in [0, 0.05) is 10.0 Å². The molecule has 0 amide bonds. The second kappa shape index (κ2) is 6.44. The molecule has 3 rings (SSSR count). The molecule has 8 heteroatoms. The van der Waals surface area contributed by atoms with Crippen molar-refractivity contribution in [1.82, 2.24) is 9.66 Å². The van der Waals surface area contributed by atoms with Crippen molar-refractivity contribution in [2.24, 2.45) is 5.10 Å². The first-order valence-electron chi connectivity index (χ1n) is 7.17. The van der Waals surface area contributed by atoms with E-state index >= 15 is 0 Å². The molecule has 0 N–H and O–H groups in total. The number of alkyl halides is 3. The molecular formula is C17H11BrF3N3O. The number of benzene rings is 2. The van der Waals surface area contributed by atoms with Crippen LogP contribution < -0.4 is 5.56 Å². The highest BCUT2D eigenvalue weighted by molar-refractivity contribution is 9.10. The zero-order valence-corrected chi connectivity index (χ0v) is 14.5.